The molecule has 4 heteroatoms. The SMILES string of the molecule is CCCNC(CC)c1nnc(CC2CC3CCC2C3)o1. The van der Waals surface area contributed by atoms with Crippen LogP contribution in [0.25, 0.3) is 0 Å². The summed E-state index contributed by atoms with van der Waals surface area (Å²) in [5.74, 6) is 4.34. The van der Waals surface area contributed by atoms with E-state index in [9.17, 15) is 0 Å². The molecule has 112 valence electrons. The van der Waals surface area contributed by atoms with E-state index >= 15 is 0 Å². The summed E-state index contributed by atoms with van der Waals surface area (Å²) in [5.41, 5.74) is 0. The molecule has 2 aliphatic rings. The Kier molecular flexibility index (Phi) is 4.39. The maximum Gasteiger partial charge on any atom is 0.233 e. The summed E-state index contributed by atoms with van der Waals surface area (Å²) in [7, 11) is 0. The van der Waals surface area contributed by atoms with E-state index in [1.165, 1.54) is 25.7 Å². The molecule has 1 heterocycles. The van der Waals surface area contributed by atoms with Crippen molar-refractivity contribution in [3.63, 3.8) is 0 Å². The highest BCUT2D eigenvalue weighted by atomic mass is 16.4. The molecule has 1 aromatic heterocycles. The number of rotatable bonds is 7. The van der Waals surface area contributed by atoms with Crippen LogP contribution in [0.1, 0.15) is 70.2 Å². The van der Waals surface area contributed by atoms with Crippen LogP contribution in [0.15, 0.2) is 4.42 Å². The zero-order valence-corrected chi connectivity index (χ0v) is 12.8. The van der Waals surface area contributed by atoms with Crippen LogP contribution >= 0.6 is 0 Å². The zero-order valence-electron chi connectivity index (χ0n) is 12.8. The standard InChI is InChI=1S/C16H27N3O/c1-3-7-17-14(4-2)16-19-18-15(20-16)10-13-9-11-5-6-12(13)8-11/h11-14,17H,3-10H2,1-2H3. The van der Waals surface area contributed by atoms with E-state index in [1.54, 1.807) is 0 Å². The molecule has 0 aromatic carbocycles. The second kappa shape index (κ2) is 6.25. The largest absolute Gasteiger partial charge is 0.424 e. The molecule has 1 aromatic rings. The van der Waals surface area contributed by atoms with Crippen LogP contribution in [-0.4, -0.2) is 16.7 Å². The predicted octanol–water partition coefficient (Wildman–Crippen LogP) is 3.50. The Bertz CT molecular complexity index is 431. The highest BCUT2D eigenvalue weighted by Gasteiger charge is 2.40. The van der Waals surface area contributed by atoms with E-state index < -0.39 is 0 Å². The molecule has 0 spiro atoms. The molecule has 0 amide bonds. The lowest BCUT2D eigenvalue weighted by atomic mass is 9.86. The van der Waals surface area contributed by atoms with Crippen molar-refractivity contribution in [2.24, 2.45) is 17.8 Å². The Morgan fingerprint density at radius 3 is 2.80 bits per heavy atom. The summed E-state index contributed by atoms with van der Waals surface area (Å²) in [6.07, 6.45) is 8.83. The summed E-state index contributed by atoms with van der Waals surface area (Å²) in [6.45, 7) is 5.34. The van der Waals surface area contributed by atoms with E-state index in [-0.39, 0.29) is 6.04 Å². The maximum absolute atomic E-state index is 5.92. The van der Waals surface area contributed by atoms with Crippen molar-refractivity contribution in [2.45, 2.75) is 64.8 Å². The molecule has 2 fully saturated rings. The monoisotopic (exact) mass is 277 g/mol. The minimum absolute atomic E-state index is 0.219. The van der Waals surface area contributed by atoms with Crippen molar-refractivity contribution in [1.29, 1.82) is 0 Å². The molecule has 20 heavy (non-hydrogen) atoms. The molecule has 0 radical (unpaired) electrons. The van der Waals surface area contributed by atoms with Crippen molar-refractivity contribution < 1.29 is 4.42 Å². The topological polar surface area (TPSA) is 51.0 Å². The van der Waals surface area contributed by atoms with Gasteiger partial charge in [0.05, 0.1) is 6.04 Å². The third kappa shape index (κ3) is 2.90. The number of nitrogens with zero attached hydrogens (tertiary/aromatic N) is 2. The lowest BCUT2D eigenvalue weighted by Crippen LogP contribution is -2.21. The zero-order chi connectivity index (χ0) is 13.9. The molecule has 2 saturated carbocycles. The molecular weight excluding hydrogens is 250 g/mol. The van der Waals surface area contributed by atoms with Crippen LogP contribution in [0.4, 0.5) is 0 Å². The maximum atomic E-state index is 5.92. The normalized spacial score (nSPS) is 30.0. The van der Waals surface area contributed by atoms with Crippen LogP contribution in [0, 0.1) is 17.8 Å². The minimum Gasteiger partial charge on any atom is -0.424 e. The van der Waals surface area contributed by atoms with Crippen LogP contribution < -0.4 is 5.32 Å². The summed E-state index contributed by atoms with van der Waals surface area (Å²) < 4.78 is 5.92. The summed E-state index contributed by atoms with van der Waals surface area (Å²) in [4.78, 5) is 0. The van der Waals surface area contributed by atoms with E-state index in [1.807, 2.05) is 0 Å². The number of aromatic nitrogens is 2. The molecule has 4 atom stereocenters. The lowest BCUT2D eigenvalue weighted by molar-refractivity contribution is 0.296. The van der Waals surface area contributed by atoms with Gasteiger partial charge in [-0.3, -0.25) is 0 Å². The van der Waals surface area contributed by atoms with Crippen molar-refractivity contribution in [3.8, 4) is 0 Å². The average Bonchev–Trinajstić information content (AvgIpc) is 3.16. The molecule has 4 unspecified atom stereocenters. The van der Waals surface area contributed by atoms with Crippen LogP contribution in [0.2, 0.25) is 0 Å². The van der Waals surface area contributed by atoms with Gasteiger partial charge in [-0.05, 0) is 56.4 Å². The Morgan fingerprint density at radius 1 is 1.25 bits per heavy atom. The predicted molar refractivity (Wildman–Crippen MR) is 78.3 cm³/mol. The first-order valence-corrected chi connectivity index (χ1v) is 8.35. The number of hydrogen-bond donors (Lipinski definition) is 1. The highest BCUT2D eigenvalue weighted by Crippen LogP contribution is 2.49. The Labute approximate surface area is 121 Å². The second-order valence-electron chi connectivity index (χ2n) is 6.59. The quantitative estimate of drug-likeness (QED) is 0.828. The van der Waals surface area contributed by atoms with Gasteiger partial charge < -0.3 is 9.73 Å². The van der Waals surface area contributed by atoms with Gasteiger partial charge >= 0.3 is 0 Å². The van der Waals surface area contributed by atoms with Gasteiger partial charge in [0.15, 0.2) is 0 Å². The fraction of sp³-hybridized carbons (Fsp3) is 0.875. The third-order valence-electron chi connectivity index (χ3n) is 5.15. The first-order valence-electron chi connectivity index (χ1n) is 8.35. The van der Waals surface area contributed by atoms with Crippen LogP contribution in [-0.2, 0) is 6.42 Å². The fourth-order valence-electron chi connectivity index (χ4n) is 4.07. The van der Waals surface area contributed by atoms with Crippen molar-refractivity contribution in [1.82, 2.24) is 15.5 Å². The van der Waals surface area contributed by atoms with Crippen molar-refractivity contribution in [3.05, 3.63) is 11.8 Å². The molecule has 2 bridgehead atoms. The van der Waals surface area contributed by atoms with Gasteiger partial charge in [0, 0.05) is 6.42 Å². The Morgan fingerprint density at radius 2 is 2.15 bits per heavy atom. The third-order valence-corrected chi connectivity index (χ3v) is 5.15. The van der Waals surface area contributed by atoms with Gasteiger partial charge in [0.2, 0.25) is 11.8 Å². The molecule has 4 nitrogen and oxygen atoms in total. The smallest absolute Gasteiger partial charge is 0.233 e. The minimum atomic E-state index is 0.219. The molecule has 0 saturated heterocycles. The van der Waals surface area contributed by atoms with E-state index in [2.05, 4.69) is 29.4 Å². The van der Waals surface area contributed by atoms with Crippen molar-refractivity contribution in [2.75, 3.05) is 6.54 Å². The Hall–Kier alpha value is -0.900. The second-order valence-corrected chi connectivity index (χ2v) is 6.59. The summed E-state index contributed by atoms with van der Waals surface area (Å²) in [6, 6.07) is 0.219. The molecule has 3 rings (SSSR count). The van der Waals surface area contributed by atoms with Gasteiger partial charge in [0.1, 0.15) is 0 Å². The first-order chi connectivity index (χ1) is 9.80. The molecular formula is C16H27N3O. The van der Waals surface area contributed by atoms with Crippen molar-refractivity contribution >= 4 is 0 Å². The van der Waals surface area contributed by atoms with Gasteiger partial charge in [0.25, 0.3) is 0 Å². The Balaban J connectivity index is 1.58. The first kappa shape index (κ1) is 14.1. The lowest BCUT2D eigenvalue weighted by Gasteiger charge is -2.19. The molecule has 0 aliphatic heterocycles. The van der Waals surface area contributed by atoms with Gasteiger partial charge in [-0.1, -0.05) is 20.3 Å². The number of nitrogens with one attached hydrogen (secondary N) is 1. The fourth-order valence-corrected chi connectivity index (χ4v) is 4.07. The van der Waals surface area contributed by atoms with E-state index in [0.29, 0.717) is 0 Å². The summed E-state index contributed by atoms with van der Waals surface area (Å²) in [5, 5.41) is 12.0. The highest BCUT2D eigenvalue weighted by molar-refractivity contribution is 4.96. The molecule has 2 aliphatic carbocycles. The summed E-state index contributed by atoms with van der Waals surface area (Å²) >= 11 is 0. The van der Waals surface area contributed by atoms with Crippen LogP contribution in [0.3, 0.4) is 0 Å². The van der Waals surface area contributed by atoms with E-state index in [4.69, 9.17) is 4.42 Å². The van der Waals surface area contributed by atoms with Crippen LogP contribution in [0.5, 0.6) is 0 Å². The van der Waals surface area contributed by atoms with E-state index in [0.717, 1.165) is 55.3 Å². The van der Waals surface area contributed by atoms with Gasteiger partial charge in [-0.15, -0.1) is 10.2 Å². The average molecular weight is 277 g/mol. The number of fused-ring (bicyclic) bond motifs is 2. The molecule has 1 N–H and O–H groups in total. The van der Waals surface area contributed by atoms with Gasteiger partial charge in [-0.2, -0.15) is 0 Å². The van der Waals surface area contributed by atoms with Gasteiger partial charge in [-0.25, -0.2) is 0 Å². The number of hydrogen-bond acceptors (Lipinski definition) is 4.